The fourth-order valence-electron chi connectivity index (χ4n) is 2.80. The standard InChI is InChI=1S/C12H23NO2/c1-10(2)13-6-4-12(5-7-13)9-11(14)3-8-15-12/h10-11,14H,3-9H2,1-2H3. The van der Waals surface area contributed by atoms with Gasteiger partial charge in [0, 0.05) is 32.2 Å². The summed E-state index contributed by atoms with van der Waals surface area (Å²) in [6, 6.07) is 0.635. The van der Waals surface area contributed by atoms with Crippen molar-refractivity contribution in [3.05, 3.63) is 0 Å². The number of likely N-dealkylation sites (tertiary alicyclic amines) is 1. The number of hydrogen-bond acceptors (Lipinski definition) is 3. The molecule has 0 bridgehead atoms. The molecule has 0 aromatic rings. The Morgan fingerprint density at radius 3 is 2.53 bits per heavy atom. The molecule has 1 spiro atoms. The van der Waals surface area contributed by atoms with Crippen LogP contribution < -0.4 is 0 Å². The van der Waals surface area contributed by atoms with Gasteiger partial charge in [0.1, 0.15) is 0 Å². The van der Waals surface area contributed by atoms with E-state index in [2.05, 4.69) is 18.7 Å². The second-order valence-electron chi connectivity index (χ2n) is 5.31. The van der Waals surface area contributed by atoms with Gasteiger partial charge in [-0.25, -0.2) is 0 Å². The zero-order chi connectivity index (χ0) is 10.9. The second kappa shape index (κ2) is 4.40. The van der Waals surface area contributed by atoms with Gasteiger partial charge >= 0.3 is 0 Å². The minimum atomic E-state index is -0.135. The van der Waals surface area contributed by atoms with Crippen LogP contribution in [-0.2, 0) is 4.74 Å². The Bertz CT molecular complexity index is 210. The summed E-state index contributed by atoms with van der Waals surface area (Å²) in [5, 5.41) is 9.71. The van der Waals surface area contributed by atoms with Gasteiger partial charge in [-0.15, -0.1) is 0 Å². The van der Waals surface area contributed by atoms with Crippen molar-refractivity contribution in [2.24, 2.45) is 0 Å². The van der Waals surface area contributed by atoms with Crippen LogP contribution in [0.4, 0.5) is 0 Å². The van der Waals surface area contributed by atoms with Crippen molar-refractivity contribution in [1.29, 1.82) is 0 Å². The van der Waals surface area contributed by atoms with E-state index < -0.39 is 0 Å². The van der Waals surface area contributed by atoms with Gasteiger partial charge in [0.05, 0.1) is 11.7 Å². The van der Waals surface area contributed by atoms with Crippen LogP contribution in [0.3, 0.4) is 0 Å². The zero-order valence-corrected chi connectivity index (χ0v) is 9.91. The molecule has 0 aromatic carbocycles. The highest BCUT2D eigenvalue weighted by atomic mass is 16.5. The number of rotatable bonds is 1. The van der Waals surface area contributed by atoms with Crippen molar-refractivity contribution < 1.29 is 9.84 Å². The van der Waals surface area contributed by atoms with E-state index in [-0.39, 0.29) is 11.7 Å². The molecule has 1 N–H and O–H groups in total. The number of nitrogens with zero attached hydrogens (tertiary/aromatic N) is 1. The predicted octanol–water partition coefficient (Wildman–Crippen LogP) is 1.40. The van der Waals surface area contributed by atoms with Crippen LogP contribution in [0.5, 0.6) is 0 Å². The van der Waals surface area contributed by atoms with Crippen LogP contribution >= 0.6 is 0 Å². The highest BCUT2D eigenvalue weighted by Crippen LogP contribution is 2.35. The minimum Gasteiger partial charge on any atom is -0.393 e. The van der Waals surface area contributed by atoms with E-state index in [0.717, 1.165) is 45.4 Å². The van der Waals surface area contributed by atoms with Crippen LogP contribution in [0.2, 0.25) is 0 Å². The lowest BCUT2D eigenvalue weighted by atomic mass is 9.83. The Labute approximate surface area is 92.4 Å². The average molecular weight is 213 g/mol. The van der Waals surface area contributed by atoms with Crippen LogP contribution in [0, 0.1) is 0 Å². The summed E-state index contributed by atoms with van der Waals surface area (Å²) in [5.74, 6) is 0. The summed E-state index contributed by atoms with van der Waals surface area (Å²) in [4.78, 5) is 2.50. The summed E-state index contributed by atoms with van der Waals surface area (Å²) < 4.78 is 5.92. The van der Waals surface area contributed by atoms with E-state index in [9.17, 15) is 5.11 Å². The monoisotopic (exact) mass is 213 g/mol. The zero-order valence-electron chi connectivity index (χ0n) is 9.91. The second-order valence-corrected chi connectivity index (χ2v) is 5.31. The highest BCUT2D eigenvalue weighted by molar-refractivity contribution is 4.92. The van der Waals surface area contributed by atoms with Gasteiger partial charge in [0.2, 0.25) is 0 Å². The maximum atomic E-state index is 9.71. The van der Waals surface area contributed by atoms with E-state index in [0.29, 0.717) is 6.04 Å². The molecule has 0 amide bonds. The molecule has 15 heavy (non-hydrogen) atoms. The summed E-state index contributed by atoms with van der Waals surface area (Å²) in [6.07, 6.45) is 3.70. The maximum absolute atomic E-state index is 9.71. The molecule has 88 valence electrons. The van der Waals surface area contributed by atoms with E-state index in [1.807, 2.05) is 0 Å². The third-order valence-corrected chi connectivity index (χ3v) is 3.91. The first-order valence-electron chi connectivity index (χ1n) is 6.17. The molecule has 0 saturated carbocycles. The lowest BCUT2D eigenvalue weighted by Gasteiger charge is -2.46. The Morgan fingerprint density at radius 2 is 2.00 bits per heavy atom. The lowest BCUT2D eigenvalue weighted by molar-refractivity contribution is -0.144. The van der Waals surface area contributed by atoms with Crippen LogP contribution in [-0.4, -0.2) is 47.4 Å². The normalized spacial score (nSPS) is 32.4. The molecule has 2 rings (SSSR count). The fraction of sp³-hybridized carbons (Fsp3) is 1.00. The van der Waals surface area contributed by atoms with Gasteiger partial charge in [0.15, 0.2) is 0 Å². The highest BCUT2D eigenvalue weighted by Gasteiger charge is 2.40. The van der Waals surface area contributed by atoms with Crippen molar-refractivity contribution in [3.63, 3.8) is 0 Å². The van der Waals surface area contributed by atoms with Crippen molar-refractivity contribution in [2.75, 3.05) is 19.7 Å². The number of ether oxygens (including phenoxy) is 1. The molecule has 0 aromatic heterocycles. The topological polar surface area (TPSA) is 32.7 Å². The van der Waals surface area contributed by atoms with Gasteiger partial charge in [-0.2, -0.15) is 0 Å². The van der Waals surface area contributed by atoms with Crippen molar-refractivity contribution in [3.8, 4) is 0 Å². The van der Waals surface area contributed by atoms with E-state index >= 15 is 0 Å². The van der Waals surface area contributed by atoms with Crippen LogP contribution in [0.25, 0.3) is 0 Å². The van der Waals surface area contributed by atoms with Gasteiger partial charge in [-0.3, -0.25) is 0 Å². The molecule has 1 atom stereocenters. The minimum absolute atomic E-state index is 0.00303. The van der Waals surface area contributed by atoms with Gasteiger partial charge in [-0.1, -0.05) is 0 Å². The molecule has 2 aliphatic rings. The molecule has 1 unspecified atom stereocenters. The van der Waals surface area contributed by atoms with Gasteiger partial charge in [0.25, 0.3) is 0 Å². The number of hydrogen-bond donors (Lipinski definition) is 1. The fourth-order valence-corrected chi connectivity index (χ4v) is 2.80. The Hall–Kier alpha value is -0.120. The lowest BCUT2D eigenvalue weighted by Crippen LogP contribution is -2.51. The molecule has 2 aliphatic heterocycles. The molecule has 2 saturated heterocycles. The smallest absolute Gasteiger partial charge is 0.0731 e. The molecular weight excluding hydrogens is 190 g/mol. The predicted molar refractivity (Wildman–Crippen MR) is 59.9 cm³/mol. The molecular formula is C12H23NO2. The number of piperidine rings is 1. The molecule has 2 fully saturated rings. The first-order valence-corrected chi connectivity index (χ1v) is 6.17. The molecule has 0 aliphatic carbocycles. The quantitative estimate of drug-likeness (QED) is 0.714. The van der Waals surface area contributed by atoms with Gasteiger partial charge < -0.3 is 14.7 Å². The van der Waals surface area contributed by atoms with E-state index in [1.54, 1.807) is 0 Å². The SMILES string of the molecule is CC(C)N1CCC2(CC1)CC(O)CCO2. The Morgan fingerprint density at radius 1 is 1.33 bits per heavy atom. The average Bonchev–Trinajstić information content (AvgIpc) is 2.18. The maximum Gasteiger partial charge on any atom is 0.0731 e. The first-order chi connectivity index (χ1) is 7.11. The summed E-state index contributed by atoms with van der Waals surface area (Å²) in [5.41, 5.74) is 0.00303. The van der Waals surface area contributed by atoms with Gasteiger partial charge in [-0.05, 0) is 33.1 Å². The number of aliphatic hydroxyl groups is 1. The Kier molecular flexibility index (Phi) is 3.33. The first kappa shape index (κ1) is 11.4. The van der Waals surface area contributed by atoms with Crippen molar-refractivity contribution >= 4 is 0 Å². The van der Waals surface area contributed by atoms with Crippen LogP contribution in [0.15, 0.2) is 0 Å². The van der Waals surface area contributed by atoms with E-state index in [4.69, 9.17) is 4.74 Å². The summed E-state index contributed by atoms with van der Waals surface area (Å²) in [7, 11) is 0. The largest absolute Gasteiger partial charge is 0.393 e. The van der Waals surface area contributed by atoms with Crippen LogP contribution in [0.1, 0.15) is 39.5 Å². The summed E-state index contributed by atoms with van der Waals surface area (Å²) in [6.45, 7) is 7.46. The van der Waals surface area contributed by atoms with Crippen molar-refractivity contribution in [2.45, 2.75) is 57.3 Å². The molecule has 3 heteroatoms. The molecule has 3 nitrogen and oxygen atoms in total. The summed E-state index contributed by atoms with van der Waals surface area (Å²) >= 11 is 0. The third kappa shape index (κ3) is 2.52. The van der Waals surface area contributed by atoms with Crippen molar-refractivity contribution in [1.82, 2.24) is 4.90 Å². The number of aliphatic hydroxyl groups excluding tert-OH is 1. The third-order valence-electron chi connectivity index (χ3n) is 3.91. The Balaban J connectivity index is 1.90. The molecule has 2 heterocycles. The molecule has 0 radical (unpaired) electrons. The van der Waals surface area contributed by atoms with E-state index in [1.165, 1.54) is 0 Å².